The van der Waals surface area contributed by atoms with Crippen LogP contribution in [0.25, 0.3) is 0 Å². The Labute approximate surface area is 105 Å². The van der Waals surface area contributed by atoms with Crippen molar-refractivity contribution in [3.05, 3.63) is 11.9 Å². The number of amides is 2. The molecule has 2 amide bonds. The van der Waals surface area contributed by atoms with Gasteiger partial charge in [0, 0.05) is 27.7 Å². The molecule has 0 spiro atoms. The second-order valence-corrected chi connectivity index (χ2v) is 3.86. The maximum Gasteiger partial charge on any atom is 0.276 e. The number of likely N-dealkylation sites (N-methyl/N-ethyl adjacent to an activating group) is 1. The van der Waals surface area contributed by atoms with E-state index in [1.807, 2.05) is 0 Å². The zero-order valence-electron chi connectivity index (χ0n) is 10.7. The molecule has 1 aromatic rings. The molecule has 0 saturated heterocycles. The number of nitrogens with one attached hydrogen (secondary N) is 1. The Bertz CT molecular complexity index is 390. The van der Waals surface area contributed by atoms with E-state index >= 15 is 0 Å². The van der Waals surface area contributed by atoms with E-state index in [9.17, 15) is 9.59 Å². The molecule has 1 N–H and O–H groups in total. The number of hydrogen-bond donors (Lipinski definition) is 1. The lowest BCUT2D eigenvalue weighted by Crippen LogP contribution is -2.42. The molecule has 0 fully saturated rings. The molecule has 0 atom stereocenters. The molecule has 0 aliphatic carbocycles. The Morgan fingerprint density at radius 3 is 2.67 bits per heavy atom. The van der Waals surface area contributed by atoms with Gasteiger partial charge in [0.25, 0.3) is 5.91 Å². The van der Waals surface area contributed by atoms with Crippen molar-refractivity contribution >= 4 is 11.8 Å². The molecular formula is C10H17N5O3. The highest BCUT2D eigenvalue weighted by molar-refractivity contribution is 5.94. The van der Waals surface area contributed by atoms with Crippen LogP contribution >= 0.6 is 0 Å². The van der Waals surface area contributed by atoms with Crippen molar-refractivity contribution in [2.24, 2.45) is 0 Å². The number of methoxy groups -OCH3 is 1. The van der Waals surface area contributed by atoms with Crippen molar-refractivity contribution in [1.29, 1.82) is 0 Å². The van der Waals surface area contributed by atoms with E-state index in [4.69, 9.17) is 4.74 Å². The Morgan fingerprint density at radius 1 is 1.44 bits per heavy atom. The van der Waals surface area contributed by atoms with Gasteiger partial charge in [-0.2, -0.15) is 15.4 Å². The minimum absolute atomic E-state index is 0.0119. The lowest BCUT2D eigenvalue weighted by Gasteiger charge is -2.22. The van der Waals surface area contributed by atoms with Crippen molar-refractivity contribution in [3.8, 4) is 0 Å². The van der Waals surface area contributed by atoms with Gasteiger partial charge in [0.1, 0.15) is 6.54 Å². The van der Waals surface area contributed by atoms with E-state index in [2.05, 4.69) is 15.4 Å². The second-order valence-electron chi connectivity index (χ2n) is 3.86. The van der Waals surface area contributed by atoms with Crippen molar-refractivity contribution in [1.82, 2.24) is 25.2 Å². The first-order chi connectivity index (χ1) is 8.56. The predicted octanol–water partition coefficient (Wildman–Crippen LogP) is -1.02. The summed E-state index contributed by atoms with van der Waals surface area (Å²) in [6, 6.07) is 0. The Hall–Kier alpha value is -1.96. The smallest absolute Gasteiger partial charge is 0.276 e. The van der Waals surface area contributed by atoms with Crippen LogP contribution in [-0.2, 0) is 9.53 Å². The number of aromatic nitrogens is 3. The topological polar surface area (TPSA) is 91.4 Å². The summed E-state index contributed by atoms with van der Waals surface area (Å²) < 4.78 is 4.92. The first-order valence-electron chi connectivity index (χ1n) is 5.40. The summed E-state index contributed by atoms with van der Waals surface area (Å²) in [4.78, 5) is 26.5. The standard InChI is InChI=1S/C10H17N5O3/c1-14(2)9(16)7-15(4-5-18-3)10(17)8-6-11-13-12-8/h6H,4-5,7H2,1-3H3,(H,11,12,13). The summed E-state index contributed by atoms with van der Waals surface area (Å²) in [5, 5.41) is 9.64. The first kappa shape index (κ1) is 14.1. The Kier molecular flexibility index (Phi) is 5.25. The second kappa shape index (κ2) is 6.70. The average molecular weight is 255 g/mol. The summed E-state index contributed by atoms with van der Waals surface area (Å²) in [5.74, 6) is -0.515. The quantitative estimate of drug-likeness (QED) is 0.702. The summed E-state index contributed by atoms with van der Waals surface area (Å²) in [5.41, 5.74) is 0.178. The van der Waals surface area contributed by atoms with Crippen molar-refractivity contribution in [2.45, 2.75) is 0 Å². The van der Waals surface area contributed by atoms with Crippen LogP contribution in [0.2, 0.25) is 0 Å². The van der Waals surface area contributed by atoms with E-state index in [1.54, 1.807) is 14.1 Å². The van der Waals surface area contributed by atoms with Crippen LogP contribution in [0, 0.1) is 0 Å². The third-order valence-corrected chi connectivity index (χ3v) is 2.31. The van der Waals surface area contributed by atoms with Gasteiger partial charge in [0.15, 0.2) is 5.69 Å². The van der Waals surface area contributed by atoms with E-state index in [0.717, 1.165) is 0 Å². The van der Waals surface area contributed by atoms with Gasteiger partial charge in [-0.3, -0.25) is 9.59 Å². The molecule has 0 radical (unpaired) electrons. The lowest BCUT2D eigenvalue weighted by molar-refractivity contribution is -0.129. The molecule has 0 aliphatic heterocycles. The molecule has 0 aromatic carbocycles. The lowest BCUT2D eigenvalue weighted by atomic mass is 10.3. The van der Waals surface area contributed by atoms with Gasteiger partial charge < -0.3 is 14.5 Å². The number of nitrogens with zero attached hydrogens (tertiary/aromatic N) is 4. The highest BCUT2D eigenvalue weighted by Gasteiger charge is 2.21. The molecule has 100 valence electrons. The average Bonchev–Trinajstić information content (AvgIpc) is 2.86. The fourth-order valence-electron chi connectivity index (χ4n) is 1.23. The number of H-pyrrole nitrogens is 1. The van der Waals surface area contributed by atoms with Crippen LogP contribution < -0.4 is 0 Å². The van der Waals surface area contributed by atoms with E-state index in [1.165, 1.54) is 23.1 Å². The normalized spacial score (nSPS) is 10.2. The van der Waals surface area contributed by atoms with Gasteiger partial charge >= 0.3 is 0 Å². The summed E-state index contributed by atoms with van der Waals surface area (Å²) in [6.07, 6.45) is 1.32. The molecule has 1 aromatic heterocycles. The van der Waals surface area contributed by atoms with Gasteiger partial charge in [-0.15, -0.1) is 0 Å². The van der Waals surface area contributed by atoms with Crippen LogP contribution in [-0.4, -0.2) is 77.9 Å². The monoisotopic (exact) mass is 255 g/mol. The number of carbonyl (C=O) groups is 2. The SMILES string of the molecule is COCCN(CC(=O)N(C)C)C(=O)c1cn[nH]n1. The number of carbonyl (C=O) groups excluding carboxylic acids is 2. The van der Waals surface area contributed by atoms with E-state index in [-0.39, 0.29) is 24.1 Å². The molecule has 8 heteroatoms. The van der Waals surface area contributed by atoms with Crippen LogP contribution in [0.5, 0.6) is 0 Å². The predicted molar refractivity (Wildman–Crippen MR) is 62.9 cm³/mol. The number of hydrogen-bond acceptors (Lipinski definition) is 5. The molecule has 0 saturated carbocycles. The van der Waals surface area contributed by atoms with Crippen LogP contribution in [0.3, 0.4) is 0 Å². The summed E-state index contributed by atoms with van der Waals surface area (Å²) in [7, 11) is 4.81. The molecule has 1 rings (SSSR count). The highest BCUT2D eigenvalue weighted by atomic mass is 16.5. The van der Waals surface area contributed by atoms with Gasteiger partial charge in [-0.05, 0) is 0 Å². The third-order valence-electron chi connectivity index (χ3n) is 2.31. The largest absolute Gasteiger partial charge is 0.383 e. The third kappa shape index (κ3) is 3.81. The van der Waals surface area contributed by atoms with Crippen LogP contribution in [0.15, 0.2) is 6.20 Å². The van der Waals surface area contributed by atoms with Gasteiger partial charge in [0.05, 0.1) is 12.8 Å². The summed E-state index contributed by atoms with van der Waals surface area (Å²) in [6.45, 7) is 0.661. The Balaban J connectivity index is 2.71. The Morgan fingerprint density at radius 2 is 2.17 bits per heavy atom. The molecule has 1 heterocycles. The number of rotatable bonds is 6. The molecule has 8 nitrogen and oxygen atoms in total. The van der Waals surface area contributed by atoms with E-state index < -0.39 is 0 Å². The molecule has 18 heavy (non-hydrogen) atoms. The maximum atomic E-state index is 12.0. The molecule has 0 unspecified atom stereocenters. The van der Waals surface area contributed by atoms with Crippen LogP contribution in [0.1, 0.15) is 10.5 Å². The van der Waals surface area contributed by atoms with Crippen molar-refractivity contribution in [2.75, 3.05) is 40.9 Å². The van der Waals surface area contributed by atoms with Crippen molar-refractivity contribution in [3.63, 3.8) is 0 Å². The minimum Gasteiger partial charge on any atom is -0.383 e. The van der Waals surface area contributed by atoms with Gasteiger partial charge in [-0.25, -0.2) is 0 Å². The molecule has 0 bridgehead atoms. The fraction of sp³-hybridized carbons (Fsp3) is 0.600. The fourth-order valence-corrected chi connectivity index (χ4v) is 1.23. The van der Waals surface area contributed by atoms with E-state index in [0.29, 0.717) is 13.2 Å². The minimum atomic E-state index is -0.351. The zero-order valence-corrected chi connectivity index (χ0v) is 10.7. The molecular weight excluding hydrogens is 238 g/mol. The van der Waals surface area contributed by atoms with Crippen molar-refractivity contribution < 1.29 is 14.3 Å². The number of ether oxygens (including phenoxy) is 1. The number of aromatic amines is 1. The van der Waals surface area contributed by atoms with Gasteiger partial charge in [-0.1, -0.05) is 0 Å². The maximum absolute atomic E-state index is 12.0. The summed E-state index contributed by atoms with van der Waals surface area (Å²) >= 11 is 0. The molecule has 0 aliphatic rings. The van der Waals surface area contributed by atoms with Crippen LogP contribution in [0.4, 0.5) is 0 Å². The highest BCUT2D eigenvalue weighted by Crippen LogP contribution is 2.00. The zero-order chi connectivity index (χ0) is 13.5. The van der Waals surface area contributed by atoms with Gasteiger partial charge in [0.2, 0.25) is 5.91 Å². The first-order valence-corrected chi connectivity index (χ1v) is 5.40.